The van der Waals surface area contributed by atoms with E-state index in [1.807, 2.05) is 6.92 Å². The normalized spacial score (nSPS) is 19.2. The van der Waals surface area contributed by atoms with Crippen molar-refractivity contribution in [1.29, 1.82) is 0 Å². The summed E-state index contributed by atoms with van der Waals surface area (Å²) in [6.45, 7) is 8.89. The molecule has 0 aromatic heterocycles. The summed E-state index contributed by atoms with van der Waals surface area (Å²) in [4.78, 5) is 44.0. The number of rotatable bonds is 8. The lowest BCUT2D eigenvalue weighted by atomic mass is 9.93. The van der Waals surface area contributed by atoms with Gasteiger partial charge in [0.25, 0.3) is 0 Å². The van der Waals surface area contributed by atoms with Crippen molar-refractivity contribution in [2.45, 2.75) is 45.8 Å². The number of halogens is 3. The number of alkyl halides is 3. The van der Waals surface area contributed by atoms with Gasteiger partial charge >= 0.3 is 24.2 Å². The van der Waals surface area contributed by atoms with Gasteiger partial charge in [0.15, 0.2) is 0 Å². The van der Waals surface area contributed by atoms with Crippen LogP contribution < -0.4 is 10.6 Å². The Hall–Kier alpha value is -3.28. The molecule has 1 aromatic rings. The first-order valence-electron chi connectivity index (χ1n) is 13.0. The third-order valence-electron chi connectivity index (χ3n) is 6.60. The zero-order valence-electron chi connectivity index (χ0n) is 22.1. The van der Waals surface area contributed by atoms with Gasteiger partial charge in [-0.15, -0.1) is 0 Å². The first-order valence-corrected chi connectivity index (χ1v) is 13.0. The first-order chi connectivity index (χ1) is 18.1. The molecule has 0 aliphatic carbocycles. The summed E-state index contributed by atoms with van der Waals surface area (Å²) < 4.78 is 44.7. The fourth-order valence-electron chi connectivity index (χ4n) is 4.66. The highest BCUT2D eigenvalue weighted by Gasteiger charge is 2.39. The monoisotopic (exact) mass is 539 g/mol. The third kappa shape index (κ3) is 6.97. The van der Waals surface area contributed by atoms with Crippen LogP contribution in [0.2, 0.25) is 0 Å². The molecule has 1 fully saturated rings. The number of carbonyl (C=O) groups excluding carboxylic acids is 3. The molecule has 2 aliphatic heterocycles. The molecule has 0 saturated carbocycles. The average molecular weight is 540 g/mol. The number of esters is 1. The second kappa shape index (κ2) is 13.0. The van der Waals surface area contributed by atoms with Gasteiger partial charge in [-0.25, -0.2) is 14.4 Å². The number of nitrogens with one attached hydrogen (secondary N) is 2. The molecule has 1 unspecified atom stereocenters. The van der Waals surface area contributed by atoms with Gasteiger partial charge in [-0.2, -0.15) is 13.2 Å². The van der Waals surface area contributed by atoms with Crippen molar-refractivity contribution >= 4 is 18.0 Å². The molecule has 12 heteroatoms. The molecule has 1 aromatic carbocycles. The molecule has 1 saturated heterocycles. The topological polar surface area (TPSA) is 94.2 Å². The minimum Gasteiger partial charge on any atom is -0.463 e. The predicted octanol–water partition coefficient (Wildman–Crippen LogP) is 3.74. The second-order valence-corrected chi connectivity index (χ2v) is 9.18. The minimum atomic E-state index is -4.51. The highest BCUT2D eigenvalue weighted by atomic mass is 19.4. The van der Waals surface area contributed by atoms with Crippen LogP contribution >= 0.6 is 0 Å². The van der Waals surface area contributed by atoms with Crippen molar-refractivity contribution in [3.05, 3.63) is 46.7 Å². The Bertz CT molecular complexity index is 1030. The number of likely N-dealkylation sites (N-methyl/N-ethyl adjacent to an activating group) is 1. The van der Waals surface area contributed by atoms with Crippen molar-refractivity contribution in [3.8, 4) is 0 Å². The van der Waals surface area contributed by atoms with Crippen LogP contribution in [-0.4, -0.2) is 85.2 Å². The van der Waals surface area contributed by atoms with E-state index in [9.17, 15) is 27.6 Å². The Labute approximate surface area is 221 Å². The van der Waals surface area contributed by atoms with E-state index in [4.69, 9.17) is 4.74 Å². The van der Waals surface area contributed by atoms with E-state index in [0.29, 0.717) is 50.4 Å². The lowest BCUT2D eigenvalue weighted by Gasteiger charge is -2.38. The third-order valence-corrected chi connectivity index (χ3v) is 6.60. The van der Waals surface area contributed by atoms with Crippen molar-refractivity contribution in [2.24, 2.45) is 0 Å². The maximum Gasteiger partial charge on any atom is 0.416 e. The van der Waals surface area contributed by atoms with E-state index < -0.39 is 29.8 Å². The fraction of sp³-hybridized carbons (Fsp3) is 0.577. The number of urea groups is 2. The van der Waals surface area contributed by atoms with Gasteiger partial charge in [-0.1, -0.05) is 19.1 Å². The molecule has 2 N–H and O–H groups in total. The number of hydrogen-bond donors (Lipinski definition) is 2. The maximum absolute atomic E-state index is 13.2. The Morgan fingerprint density at radius 2 is 1.79 bits per heavy atom. The van der Waals surface area contributed by atoms with Crippen molar-refractivity contribution in [3.63, 3.8) is 0 Å². The zero-order valence-corrected chi connectivity index (χ0v) is 22.1. The smallest absolute Gasteiger partial charge is 0.416 e. The number of benzene rings is 1. The summed E-state index contributed by atoms with van der Waals surface area (Å²) in [6.07, 6.45) is -2.96. The highest BCUT2D eigenvalue weighted by molar-refractivity contribution is 5.95. The van der Waals surface area contributed by atoms with Crippen LogP contribution in [0.25, 0.3) is 0 Å². The van der Waals surface area contributed by atoms with Crippen molar-refractivity contribution < 1.29 is 32.3 Å². The minimum absolute atomic E-state index is 0.0982. The summed E-state index contributed by atoms with van der Waals surface area (Å²) in [5.41, 5.74) is 0.160. The molecule has 4 amide bonds. The predicted molar refractivity (Wildman–Crippen MR) is 135 cm³/mol. The highest BCUT2D eigenvalue weighted by Crippen LogP contribution is 2.35. The number of ether oxygens (including phenoxy) is 1. The van der Waals surface area contributed by atoms with E-state index >= 15 is 0 Å². The van der Waals surface area contributed by atoms with Gasteiger partial charge in [0.05, 0.1) is 23.8 Å². The number of amides is 4. The quantitative estimate of drug-likeness (QED) is 0.491. The van der Waals surface area contributed by atoms with Gasteiger partial charge < -0.3 is 20.3 Å². The summed E-state index contributed by atoms with van der Waals surface area (Å²) in [7, 11) is 0. The Morgan fingerprint density at radius 3 is 2.39 bits per heavy atom. The summed E-state index contributed by atoms with van der Waals surface area (Å²) in [6, 6.07) is 2.87. The molecule has 38 heavy (non-hydrogen) atoms. The Morgan fingerprint density at radius 1 is 1.08 bits per heavy atom. The molecule has 2 heterocycles. The molecule has 0 radical (unpaired) electrons. The first kappa shape index (κ1) is 29.3. The largest absolute Gasteiger partial charge is 0.463 e. The van der Waals surface area contributed by atoms with Crippen LogP contribution in [0.5, 0.6) is 0 Å². The van der Waals surface area contributed by atoms with Gasteiger partial charge in [0.1, 0.15) is 0 Å². The van der Waals surface area contributed by atoms with Crippen LogP contribution in [0.4, 0.5) is 22.8 Å². The van der Waals surface area contributed by atoms with Gasteiger partial charge in [-0.05, 0) is 44.4 Å². The molecule has 210 valence electrons. The summed E-state index contributed by atoms with van der Waals surface area (Å²) in [5.74, 6) is -0.638. The number of hydrogen-bond acceptors (Lipinski definition) is 5. The van der Waals surface area contributed by atoms with Crippen LogP contribution in [0.3, 0.4) is 0 Å². The van der Waals surface area contributed by atoms with E-state index in [-0.39, 0.29) is 31.3 Å². The SMILES string of the molecule is CCCNC(=O)N1CCCN(CC2=C(C(=O)OCC)C(c3ccc(C(F)(F)F)cc3)NC(=O)N2CC)CC1. The molecule has 0 spiro atoms. The van der Waals surface area contributed by atoms with E-state index in [0.717, 1.165) is 18.6 Å². The molecule has 3 rings (SSSR count). The summed E-state index contributed by atoms with van der Waals surface area (Å²) >= 11 is 0. The van der Waals surface area contributed by atoms with E-state index in [1.165, 1.54) is 17.0 Å². The van der Waals surface area contributed by atoms with Crippen LogP contribution in [-0.2, 0) is 15.7 Å². The van der Waals surface area contributed by atoms with Crippen LogP contribution in [0.15, 0.2) is 35.5 Å². The zero-order chi connectivity index (χ0) is 27.9. The average Bonchev–Trinajstić information content (AvgIpc) is 3.12. The van der Waals surface area contributed by atoms with Crippen molar-refractivity contribution in [1.82, 2.24) is 25.3 Å². The van der Waals surface area contributed by atoms with Gasteiger partial charge in [0, 0.05) is 51.5 Å². The van der Waals surface area contributed by atoms with E-state index in [2.05, 4.69) is 15.5 Å². The molecule has 9 nitrogen and oxygen atoms in total. The standard InChI is InChI=1S/C26H36F3N5O4/c1-4-12-30-24(36)33-14-7-13-32(15-16-33)17-20-21(23(35)38-6-3)22(31-25(37)34(20)5-2)18-8-10-19(11-9-18)26(27,28)29/h8-11,22H,4-7,12-17H2,1-3H3,(H,30,36)(H,31,37). The van der Waals surface area contributed by atoms with Crippen LogP contribution in [0.1, 0.15) is 50.8 Å². The van der Waals surface area contributed by atoms with Crippen molar-refractivity contribution in [2.75, 3.05) is 52.4 Å². The number of nitrogens with zero attached hydrogens (tertiary/aromatic N) is 3. The second-order valence-electron chi connectivity index (χ2n) is 9.18. The molecular formula is C26H36F3N5O4. The van der Waals surface area contributed by atoms with E-state index in [1.54, 1.807) is 18.7 Å². The summed E-state index contributed by atoms with van der Waals surface area (Å²) in [5, 5.41) is 5.66. The molecule has 2 aliphatic rings. The number of carbonyl (C=O) groups is 3. The van der Waals surface area contributed by atoms with Gasteiger partial charge in [0.2, 0.25) is 0 Å². The lowest BCUT2D eigenvalue weighted by Crippen LogP contribution is -2.51. The van der Waals surface area contributed by atoms with Gasteiger partial charge in [-0.3, -0.25) is 9.80 Å². The molecule has 1 atom stereocenters. The molecular weight excluding hydrogens is 503 g/mol. The lowest BCUT2D eigenvalue weighted by molar-refractivity contribution is -0.139. The Balaban J connectivity index is 1.94. The molecule has 0 bridgehead atoms. The van der Waals surface area contributed by atoms with Crippen LogP contribution in [0, 0.1) is 0 Å². The fourth-order valence-corrected chi connectivity index (χ4v) is 4.66. The maximum atomic E-state index is 13.2. The Kier molecular flexibility index (Phi) is 10.0.